The van der Waals surface area contributed by atoms with Crippen LogP contribution in [0.25, 0.3) is 0 Å². The predicted octanol–water partition coefficient (Wildman–Crippen LogP) is 1.06. The lowest BCUT2D eigenvalue weighted by atomic mass is 9.74. The molecule has 4 unspecified atom stereocenters. The molecule has 3 rings (SSSR count). The highest BCUT2D eigenvalue weighted by molar-refractivity contribution is 5.27. The normalized spacial score (nSPS) is 35.8. The molecule has 0 saturated carbocycles. The molecule has 2 aliphatic heterocycles. The van der Waals surface area contributed by atoms with Crippen molar-refractivity contribution in [2.75, 3.05) is 19.7 Å². The van der Waals surface area contributed by atoms with Crippen LogP contribution < -0.4 is 5.32 Å². The van der Waals surface area contributed by atoms with E-state index in [1.54, 1.807) is 0 Å². The van der Waals surface area contributed by atoms with Crippen molar-refractivity contribution >= 4 is 0 Å². The molecular weight excluding hydrogens is 299 g/mol. The minimum absolute atomic E-state index is 0.0321. The molecule has 0 bridgehead atoms. The Morgan fingerprint density at radius 3 is 2.45 bits per heavy atom. The molecule has 0 radical (unpaired) electrons. The fourth-order valence-electron chi connectivity index (χ4n) is 3.43. The topological polar surface area (TPSA) is 61.7 Å². The summed E-state index contributed by atoms with van der Waals surface area (Å²) >= 11 is 0. The van der Waals surface area contributed by atoms with Gasteiger partial charge in [0.25, 0.3) is 0 Å². The van der Waals surface area contributed by atoms with Crippen LogP contribution in [0.15, 0.2) is 12.1 Å². The van der Waals surface area contributed by atoms with Gasteiger partial charge in [-0.3, -0.25) is 0 Å². The average molecular weight is 317 g/mol. The van der Waals surface area contributed by atoms with Gasteiger partial charge in [0.1, 0.15) is 5.60 Å². The molecule has 0 aliphatic carbocycles. The van der Waals surface area contributed by atoms with Crippen molar-refractivity contribution < 1.29 is 28.1 Å². The Bertz CT molecular complexity index is 540. The molecule has 7 heteroatoms. The molecule has 3 N–H and O–H groups in total. The maximum absolute atomic E-state index is 13.5. The van der Waals surface area contributed by atoms with Crippen LogP contribution in [-0.2, 0) is 4.74 Å². The number of piperidine rings is 1. The fraction of sp³-hybridized carbons (Fsp3) is 0.600. The van der Waals surface area contributed by atoms with Crippen molar-refractivity contribution in [1.29, 1.82) is 0 Å². The summed E-state index contributed by atoms with van der Waals surface area (Å²) < 4.78 is 45.7. The van der Waals surface area contributed by atoms with E-state index in [1.807, 2.05) is 0 Å². The molecule has 2 heterocycles. The first-order valence-electron chi connectivity index (χ1n) is 7.30. The number of ether oxygens (including phenoxy) is 1. The minimum atomic E-state index is -1.56. The summed E-state index contributed by atoms with van der Waals surface area (Å²) in [6.07, 6.45) is -0.900. The van der Waals surface area contributed by atoms with Crippen molar-refractivity contribution in [2.24, 2.45) is 0 Å². The number of aliphatic hydroxyl groups is 2. The third kappa shape index (κ3) is 2.52. The molecule has 4 nitrogen and oxygen atoms in total. The third-order valence-corrected chi connectivity index (χ3v) is 4.60. The SMILES string of the molecule is OC1COC2(CCCNC2)C(O)C1c1cc(F)c(F)c(F)c1. The number of hydrogen-bond donors (Lipinski definition) is 3. The highest BCUT2D eigenvalue weighted by atomic mass is 19.2. The Balaban J connectivity index is 1.97. The van der Waals surface area contributed by atoms with Gasteiger partial charge in [-0.25, -0.2) is 13.2 Å². The number of hydrogen-bond acceptors (Lipinski definition) is 4. The van der Waals surface area contributed by atoms with E-state index >= 15 is 0 Å². The zero-order valence-electron chi connectivity index (χ0n) is 11.9. The molecule has 2 aliphatic rings. The van der Waals surface area contributed by atoms with E-state index in [4.69, 9.17) is 4.74 Å². The maximum atomic E-state index is 13.5. The van der Waals surface area contributed by atoms with E-state index in [9.17, 15) is 23.4 Å². The number of rotatable bonds is 1. The third-order valence-electron chi connectivity index (χ3n) is 4.60. The van der Waals surface area contributed by atoms with E-state index in [1.165, 1.54) is 0 Å². The zero-order valence-corrected chi connectivity index (χ0v) is 11.9. The van der Waals surface area contributed by atoms with Crippen LogP contribution in [0, 0.1) is 17.5 Å². The summed E-state index contributed by atoms with van der Waals surface area (Å²) in [5.41, 5.74) is -0.867. The molecule has 22 heavy (non-hydrogen) atoms. The first-order valence-corrected chi connectivity index (χ1v) is 7.30. The van der Waals surface area contributed by atoms with Crippen LogP contribution >= 0.6 is 0 Å². The molecule has 122 valence electrons. The van der Waals surface area contributed by atoms with Crippen LogP contribution in [0.4, 0.5) is 13.2 Å². The van der Waals surface area contributed by atoms with E-state index < -0.39 is 41.2 Å². The van der Waals surface area contributed by atoms with Gasteiger partial charge in [-0.05, 0) is 37.1 Å². The molecule has 0 aromatic heterocycles. The fourth-order valence-corrected chi connectivity index (χ4v) is 3.43. The van der Waals surface area contributed by atoms with Crippen molar-refractivity contribution in [3.8, 4) is 0 Å². The summed E-state index contributed by atoms with van der Waals surface area (Å²) in [6, 6.07) is 1.65. The Kier molecular flexibility index (Phi) is 4.15. The van der Waals surface area contributed by atoms with Gasteiger partial charge in [-0.1, -0.05) is 0 Å². The second-order valence-corrected chi connectivity index (χ2v) is 5.99. The maximum Gasteiger partial charge on any atom is 0.194 e. The van der Waals surface area contributed by atoms with Gasteiger partial charge in [0.2, 0.25) is 0 Å². The molecule has 1 aromatic carbocycles. The van der Waals surface area contributed by atoms with Gasteiger partial charge in [0.15, 0.2) is 17.5 Å². The Labute approximate surface area is 125 Å². The van der Waals surface area contributed by atoms with Gasteiger partial charge >= 0.3 is 0 Å². The monoisotopic (exact) mass is 317 g/mol. The predicted molar refractivity (Wildman–Crippen MR) is 71.9 cm³/mol. The number of benzene rings is 1. The quantitative estimate of drug-likeness (QED) is 0.678. The largest absolute Gasteiger partial charge is 0.390 e. The molecule has 1 spiro atoms. The summed E-state index contributed by atoms with van der Waals surface area (Å²) in [4.78, 5) is 0. The van der Waals surface area contributed by atoms with Crippen LogP contribution in [0.3, 0.4) is 0 Å². The van der Waals surface area contributed by atoms with Gasteiger partial charge in [0.05, 0.1) is 18.8 Å². The minimum Gasteiger partial charge on any atom is -0.390 e. The summed E-state index contributed by atoms with van der Waals surface area (Å²) in [6.45, 7) is 1.14. The van der Waals surface area contributed by atoms with Gasteiger partial charge in [0, 0.05) is 12.5 Å². The van der Waals surface area contributed by atoms with Crippen molar-refractivity contribution in [2.45, 2.75) is 36.6 Å². The molecule has 0 amide bonds. The highest BCUT2D eigenvalue weighted by Gasteiger charge is 2.50. The Morgan fingerprint density at radius 2 is 1.86 bits per heavy atom. The van der Waals surface area contributed by atoms with Gasteiger partial charge in [-0.2, -0.15) is 0 Å². The summed E-state index contributed by atoms with van der Waals surface area (Å²) in [5.74, 6) is -5.17. The lowest BCUT2D eigenvalue weighted by Gasteiger charge is -2.49. The van der Waals surface area contributed by atoms with Crippen LogP contribution in [0.2, 0.25) is 0 Å². The molecule has 4 atom stereocenters. The lowest BCUT2D eigenvalue weighted by Crippen LogP contribution is -2.62. The standard InChI is InChI=1S/C15H18F3NO3/c16-9-4-8(5-10(17)13(9)18)12-11(20)6-22-15(14(12)21)2-1-3-19-7-15/h4-5,11-12,14,19-21H,1-3,6-7H2. The van der Waals surface area contributed by atoms with Crippen molar-refractivity contribution in [3.05, 3.63) is 35.1 Å². The number of nitrogens with one attached hydrogen (secondary N) is 1. The first kappa shape index (κ1) is 15.7. The van der Waals surface area contributed by atoms with Crippen LogP contribution in [0.1, 0.15) is 24.3 Å². The van der Waals surface area contributed by atoms with Crippen LogP contribution in [0.5, 0.6) is 0 Å². The average Bonchev–Trinajstić information content (AvgIpc) is 2.50. The number of halogens is 3. The Hall–Kier alpha value is -1.15. The van der Waals surface area contributed by atoms with E-state index in [2.05, 4.69) is 5.32 Å². The molecule has 2 fully saturated rings. The zero-order chi connectivity index (χ0) is 15.9. The van der Waals surface area contributed by atoms with Crippen LogP contribution in [-0.4, -0.2) is 47.7 Å². The molecule has 2 saturated heterocycles. The highest BCUT2D eigenvalue weighted by Crippen LogP contribution is 2.40. The smallest absolute Gasteiger partial charge is 0.194 e. The van der Waals surface area contributed by atoms with Crippen molar-refractivity contribution in [3.63, 3.8) is 0 Å². The van der Waals surface area contributed by atoms with Gasteiger partial charge < -0.3 is 20.3 Å². The summed E-state index contributed by atoms with van der Waals surface area (Å²) in [5, 5.41) is 23.9. The first-order chi connectivity index (χ1) is 10.4. The lowest BCUT2D eigenvalue weighted by molar-refractivity contribution is -0.204. The van der Waals surface area contributed by atoms with Gasteiger partial charge in [-0.15, -0.1) is 0 Å². The second kappa shape index (κ2) is 5.81. The molecule has 1 aromatic rings. The Morgan fingerprint density at radius 1 is 1.18 bits per heavy atom. The van der Waals surface area contributed by atoms with E-state index in [-0.39, 0.29) is 12.2 Å². The molecular formula is C15H18F3NO3. The van der Waals surface area contributed by atoms with E-state index in [0.717, 1.165) is 25.1 Å². The summed E-state index contributed by atoms with van der Waals surface area (Å²) in [7, 11) is 0. The number of aliphatic hydroxyl groups excluding tert-OH is 2. The van der Waals surface area contributed by atoms with E-state index in [0.29, 0.717) is 13.0 Å². The second-order valence-electron chi connectivity index (χ2n) is 5.99. The van der Waals surface area contributed by atoms with Crippen molar-refractivity contribution in [1.82, 2.24) is 5.32 Å².